The molecule has 0 aliphatic heterocycles. The van der Waals surface area contributed by atoms with Crippen molar-refractivity contribution in [3.8, 4) is 5.75 Å². The first-order valence-corrected chi connectivity index (χ1v) is 10.5. The Morgan fingerprint density at radius 2 is 1.57 bits per heavy atom. The van der Waals surface area contributed by atoms with Crippen LogP contribution in [0.2, 0.25) is 18.1 Å². The van der Waals surface area contributed by atoms with Gasteiger partial charge in [0, 0.05) is 11.8 Å². The molecule has 0 aromatic heterocycles. The van der Waals surface area contributed by atoms with Gasteiger partial charge in [-0.15, -0.1) is 0 Å². The van der Waals surface area contributed by atoms with E-state index in [0.29, 0.717) is 0 Å². The molecule has 124 valence electrons. The molecule has 0 bridgehead atoms. The quantitative estimate of drug-likeness (QED) is 0.682. The molecule has 0 amide bonds. The maximum absolute atomic E-state index is 13.6. The molecule has 2 rings (SSSR count). The van der Waals surface area contributed by atoms with Gasteiger partial charge in [-0.05, 0) is 54.5 Å². The number of benzene rings is 2. The van der Waals surface area contributed by atoms with Crippen molar-refractivity contribution in [3.05, 3.63) is 54.1 Å². The van der Waals surface area contributed by atoms with Crippen molar-refractivity contribution in [1.82, 2.24) is 0 Å². The van der Waals surface area contributed by atoms with Crippen molar-refractivity contribution in [2.75, 3.05) is 5.32 Å². The Balaban J connectivity index is 2.11. The third kappa shape index (κ3) is 4.32. The van der Waals surface area contributed by atoms with E-state index < -0.39 is 20.0 Å². The minimum absolute atomic E-state index is 0.126. The maximum Gasteiger partial charge on any atom is 0.250 e. The lowest BCUT2D eigenvalue weighted by atomic mass is 10.2. The normalized spacial score (nSPS) is 12.1. The van der Waals surface area contributed by atoms with Crippen LogP contribution in [0.5, 0.6) is 5.75 Å². The average Bonchev–Trinajstić information content (AvgIpc) is 2.42. The van der Waals surface area contributed by atoms with Crippen molar-refractivity contribution in [1.29, 1.82) is 0 Å². The van der Waals surface area contributed by atoms with E-state index in [0.717, 1.165) is 17.5 Å². The maximum atomic E-state index is 13.6. The standard InChI is InChI=1S/C18H23F2NOSi/c1-18(2,3)23(4,5)22-15-9-7-14(8-10-15)21-17-11-6-13(19)12-16(17)20/h6-12,21H,1-5H3. The number of nitrogens with one attached hydrogen (secondary N) is 1. The highest BCUT2D eigenvalue weighted by atomic mass is 28.4. The molecule has 0 saturated heterocycles. The molecule has 1 N–H and O–H groups in total. The highest BCUT2D eigenvalue weighted by molar-refractivity contribution is 6.74. The minimum atomic E-state index is -1.87. The summed E-state index contributed by atoms with van der Waals surface area (Å²) in [6.07, 6.45) is 0. The Kier molecular flexibility index (Phi) is 4.80. The van der Waals surface area contributed by atoms with Gasteiger partial charge in [0.05, 0.1) is 5.69 Å². The van der Waals surface area contributed by atoms with E-state index in [1.165, 1.54) is 12.1 Å². The molecule has 5 heteroatoms. The molecule has 0 fully saturated rings. The predicted octanol–water partition coefficient (Wildman–Crippen LogP) is 6.09. The molecular weight excluding hydrogens is 312 g/mol. The lowest BCUT2D eigenvalue weighted by Gasteiger charge is -2.36. The molecule has 2 aromatic carbocycles. The molecule has 0 radical (unpaired) electrons. The Labute approximate surface area is 137 Å². The smallest absolute Gasteiger partial charge is 0.250 e. The van der Waals surface area contributed by atoms with Gasteiger partial charge < -0.3 is 9.74 Å². The molecular formula is C18H23F2NOSi. The average molecular weight is 335 g/mol. The van der Waals surface area contributed by atoms with Crippen LogP contribution in [0.25, 0.3) is 0 Å². The van der Waals surface area contributed by atoms with Gasteiger partial charge in [-0.3, -0.25) is 0 Å². The van der Waals surface area contributed by atoms with Gasteiger partial charge in [0.1, 0.15) is 17.4 Å². The SMILES string of the molecule is CC(C)(C)[Si](C)(C)Oc1ccc(Nc2ccc(F)cc2F)cc1. The molecule has 23 heavy (non-hydrogen) atoms. The summed E-state index contributed by atoms with van der Waals surface area (Å²) in [5, 5.41) is 3.06. The number of hydrogen-bond donors (Lipinski definition) is 1. The zero-order chi connectivity index (χ0) is 17.3. The molecule has 0 spiro atoms. The Hall–Kier alpha value is -1.88. The molecule has 0 aliphatic carbocycles. The van der Waals surface area contributed by atoms with Gasteiger partial charge >= 0.3 is 0 Å². The van der Waals surface area contributed by atoms with Crippen LogP contribution in [0.1, 0.15) is 20.8 Å². The monoisotopic (exact) mass is 335 g/mol. The lowest BCUT2D eigenvalue weighted by molar-refractivity contribution is 0.492. The Morgan fingerprint density at radius 1 is 0.957 bits per heavy atom. The number of rotatable bonds is 4. The number of hydrogen-bond acceptors (Lipinski definition) is 2. The summed E-state index contributed by atoms with van der Waals surface area (Å²) in [4.78, 5) is 0. The summed E-state index contributed by atoms with van der Waals surface area (Å²) in [7, 11) is -1.87. The van der Waals surface area contributed by atoms with Gasteiger partial charge in [-0.2, -0.15) is 0 Å². The summed E-state index contributed by atoms with van der Waals surface area (Å²) < 4.78 is 32.8. The van der Waals surface area contributed by atoms with Crippen LogP contribution in [0.3, 0.4) is 0 Å². The van der Waals surface area contributed by atoms with Crippen LogP contribution >= 0.6 is 0 Å². The first-order valence-electron chi connectivity index (χ1n) is 7.60. The third-order valence-corrected chi connectivity index (χ3v) is 8.60. The van der Waals surface area contributed by atoms with E-state index in [-0.39, 0.29) is 10.7 Å². The summed E-state index contributed by atoms with van der Waals surface area (Å²) in [6.45, 7) is 10.9. The highest BCUT2D eigenvalue weighted by Gasteiger charge is 2.38. The van der Waals surface area contributed by atoms with Crippen LogP contribution in [0, 0.1) is 11.6 Å². The topological polar surface area (TPSA) is 21.3 Å². The van der Waals surface area contributed by atoms with Crippen molar-refractivity contribution in [2.24, 2.45) is 0 Å². The first-order chi connectivity index (χ1) is 10.6. The Morgan fingerprint density at radius 3 is 2.09 bits per heavy atom. The number of anilines is 2. The van der Waals surface area contributed by atoms with Crippen LogP contribution in [-0.4, -0.2) is 8.32 Å². The summed E-state index contributed by atoms with van der Waals surface area (Å²) in [5.41, 5.74) is 0.961. The lowest BCUT2D eigenvalue weighted by Crippen LogP contribution is -2.43. The Bertz CT molecular complexity index is 678. The van der Waals surface area contributed by atoms with Gasteiger partial charge in [0.15, 0.2) is 0 Å². The second kappa shape index (κ2) is 6.32. The third-order valence-electron chi connectivity index (χ3n) is 4.24. The van der Waals surface area contributed by atoms with Gasteiger partial charge in [0.25, 0.3) is 0 Å². The van der Waals surface area contributed by atoms with E-state index in [1.54, 1.807) is 0 Å². The van der Waals surface area contributed by atoms with E-state index in [9.17, 15) is 8.78 Å². The fourth-order valence-corrected chi connectivity index (χ4v) is 2.83. The summed E-state index contributed by atoms with van der Waals surface area (Å²) >= 11 is 0. The van der Waals surface area contributed by atoms with Crippen LogP contribution < -0.4 is 9.74 Å². The van der Waals surface area contributed by atoms with E-state index >= 15 is 0 Å². The van der Waals surface area contributed by atoms with Crippen molar-refractivity contribution in [3.63, 3.8) is 0 Å². The molecule has 0 saturated carbocycles. The summed E-state index contributed by atoms with van der Waals surface area (Å²) in [5.74, 6) is -0.403. The molecule has 0 heterocycles. The van der Waals surface area contributed by atoms with Gasteiger partial charge in [0.2, 0.25) is 8.32 Å². The van der Waals surface area contributed by atoms with Gasteiger partial charge in [-0.25, -0.2) is 8.78 Å². The molecule has 2 aromatic rings. The van der Waals surface area contributed by atoms with Crippen LogP contribution in [0.15, 0.2) is 42.5 Å². The zero-order valence-corrected chi connectivity index (χ0v) is 15.2. The molecule has 2 nitrogen and oxygen atoms in total. The largest absolute Gasteiger partial charge is 0.544 e. The van der Waals surface area contributed by atoms with Gasteiger partial charge in [-0.1, -0.05) is 20.8 Å². The second-order valence-electron chi connectivity index (χ2n) is 7.14. The number of halogens is 2. The molecule has 0 atom stereocenters. The van der Waals surface area contributed by atoms with Crippen LogP contribution in [-0.2, 0) is 0 Å². The highest BCUT2D eigenvalue weighted by Crippen LogP contribution is 2.37. The fraction of sp³-hybridized carbons (Fsp3) is 0.333. The molecule has 0 aliphatic rings. The van der Waals surface area contributed by atoms with Crippen molar-refractivity contribution < 1.29 is 13.2 Å². The zero-order valence-electron chi connectivity index (χ0n) is 14.2. The second-order valence-corrected chi connectivity index (χ2v) is 11.9. The predicted molar refractivity (Wildman–Crippen MR) is 93.9 cm³/mol. The van der Waals surface area contributed by atoms with Crippen LogP contribution in [0.4, 0.5) is 20.2 Å². The van der Waals surface area contributed by atoms with E-state index in [2.05, 4.69) is 39.2 Å². The van der Waals surface area contributed by atoms with Crippen molar-refractivity contribution in [2.45, 2.75) is 38.9 Å². The summed E-state index contributed by atoms with van der Waals surface area (Å²) in [6, 6.07) is 10.8. The van der Waals surface area contributed by atoms with E-state index in [4.69, 9.17) is 4.43 Å². The fourth-order valence-electron chi connectivity index (χ4n) is 1.80. The van der Waals surface area contributed by atoms with E-state index in [1.807, 2.05) is 24.3 Å². The van der Waals surface area contributed by atoms with Crippen molar-refractivity contribution >= 4 is 19.7 Å². The minimum Gasteiger partial charge on any atom is -0.544 e. The molecule has 0 unspecified atom stereocenters. The first kappa shape index (κ1) is 17.5.